The number of nitrogen functional groups attached to an aromatic ring is 2. The van der Waals surface area contributed by atoms with Crippen molar-refractivity contribution in [1.82, 2.24) is 39.0 Å². The van der Waals surface area contributed by atoms with Crippen LogP contribution in [0.25, 0.3) is 22.3 Å². The second-order valence-corrected chi connectivity index (χ2v) is 17.8. The van der Waals surface area contributed by atoms with Crippen LogP contribution in [-0.2, 0) is 27.2 Å². The van der Waals surface area contributed by atoms with Crippen LogP contribution in [0.2, 0.25) is 0 Å². The highest BCUT2D eigenvalue weighted by atomic mass is 32.7. The van der Waals surface area contributed by atoms with E-state index >= 15 is 0 Å². The van der Waals surface area contributed by atoms with E-state index in [0.29, 0.717) is 17.6 Å². The normalized spacial score (nSPS) is 45.1. The minimum absolute atomic E-state index is 0.0248. The van der Waals surface area contributed by atoms with Gasteiger partial charge in [-0.3, -0.25) is 23.3 Å². The summed E-state index contributed by atoms with van der Waals surface area (Å²) in [7, 11) is -4.97. The Morgan fingerprint density at radius 2 is 1.79 bits per heavy atom. The molecule has 20 nitrogen and oxygen atoms in total. The highest BCUT2D eigenvalue weighted by molar-refractivity contribution is 8.44. The van der Waals surface area contributed by atoms with Crippen LogP contribution in [0.4, 0.5) is 11.8 Å². The Morgan fingerprint density at radius 1 is 1.04 bits per heavy atom. The van der Waals surface area contributed by atoms with Crippen LogP contribution >= 0.6 is 26.9 Å². The minimum atomic E-state index is -4.97. The van der Waals surface area contributed by atoms with Crippen molar-refractivity contribution in [2.45, 2.75) is 55.8 Å². The second-order valence-electron chi connectivity index (χ2n) is 13.5. The first-order chi connectivity index (χ1) is 22.6. The van der Waals surface area contributed by atoms with Gasteiger partial charge in [0.05, 0.1) is 38.0 Å². The highest BCUT2D eigenvalue weighted by Crippen LogP contribution is 2.77. The van der Waals surface area contributed by atoms with Crippen LogP contribution in [0.3, 0.4) is 0 Å². The molecule has 12 atom stereocenters. The quantitative estimate of drug-likeness (QED) is 0.108. The number of rotatable bonds is 2. The number of imidazole rings is 2. The molecule has 1 spiro atoms. The first kappa shape index (κ1) is 31.0. The predicted octanol–water partition coefficient (Wildman–Crippen LogP) is 0.313. The molecule has 12 unspecified atom stereocenters. The number of fused-ring (bicyclic) bond motifs is 3. The lowest BCUT2D eigenvalue weighted by atomic mass is 9.92. The molecule has 4 aliphatic carbocycles. The number of phosphoric acid groups is 1. The van der Waals surface area contributed by atoms with Gasteiger partial charge in [-0.15, -0.1) is 0 Å². The molecule has 5 aliphatic rings. The number of hydrogen-bond donors (Lipinski definition) is 7. The summed E-state index contributed by atoms with van der Waals surface area (Å²) in [4.78, 5) is 46.9. The van der Waals surface area contributed by atoms with E-state index in [0.717, 1.165) is 0 Å². The smallest absolute Gasteiger partial charge is 0.388 e. The van der Waals surface area contributed by atoms with Crippen molar-refractivity contribution in [2.75, 3.05) is 24.7 Å². The summed E-state index contributed by atoms with van der Waals surface area (Å²) in [6, 6.07) is -1.58. The van der Waals surface area contributed by atoms with Crippen LogP contribution in [0.1, 0.15) is 31.8 Å². The molecule has 0 bridgehead atoms. The molecule has 256 valence electrons. The molecule has 1 saturated heterocycles. The fourth-order valence-corrected chi connectivity index (χ4v) is 11.4. The number of aliphatic hydroxyl groups excluding tert-OH is 1. The summed E-state index contributed by atoms with van der Waals surface area (Å²) in [6.07, 6.45) is 0.563. The van der Waals surface area contributed by atoms with Crippen LogP contribution in [-0.4, -0.2) is 91.3 Å². The number of aliphatic hydroxyl groups is 2. The van der Waals surface area contributed by atoms with Gasteiger partial charge in [-0.25, -0.2) is 29.1 Å². The van der Waals surface area contributed by atoms with Crippen molar-refractivity contribution < 1.29 is 42.3 Å². The zero-order valence-corrected chi connectivity index (χ0v) is 27.6. The van der Waals surface area contributed by atoms with Gasteiger partial charge < -0.3 is 40.2 Å². The van der Waals surface area contributed by atoms with Crippen LogP contribution in [0.15, 0.2) is 23.8 Å². The average Bonchev–Trinajstić information content (AvgIpc) is 3.41. The summed E-state index contributed by atoms with van der Waals surface area (Å²) in [5.41, 5.74) is 7.85. The van der Waals surface area contributed by atoms with E-state index in [1.54, 1.807) is 11.5 Å². The number of nitrogens with zero attached hydrogens (tertiary/aromatic N) is 7. The maximum Gasteiger partial charge on any atom is 0.472 e. The lowest BCUT2D eigenvalue weighted by Gasteiger charge is -2.33. The van der Waals surface area contributed by atoms with E-state index in [9.17, 15) is 29.0 Å². The molecule has 9 rings (SSSR count). The topological polar surface area (TPSA) is 291 Å². The Bertz CT molecular complexity index is 2200. The number of H-pyrrole nitrogens is 1. The maximum atomic E-state index is 13.8. The van der Waals surface area contributed by atoms with Crippen LogP contribution in [0, 0.1) is 22.7 Å². The molecular weight excluding hydrogens is 694 g/mol. The minimum Gasteiger partial charge on any atom is -0.388 e. The monoisotopic (exact) mass is 724 g/mol. The number of aromatic amines is 1. The molecule has 4 aromatic heterocycles. The van der Waals surface area contributed by atoms with Crippen molar-refractivity contribution in [1.29, 1.82) is 0 Å². The Kier molecular flexibility index (Phi) is 6.23. The van der Waals surface area contributed by atoms with E-state index in [1.165, 1.54) is 23.5 Å². The Balaban J connectivity index is 1.09. The second kappa shape index (κ2) is 9.63. The largest absolute Gasteiger partial charge is 0.472 e. The van der Waals surface area contributed by atoms with Gasteiger partial charge in [-0.05, 0) is 18.8 Å². The van der Waals surface area contributed by atoms with Crippen LogP contribution < -0.4 is 17.0 Å². The predicted molar refractivity (Wildman–Crippen MR) is 166 cm³/mol. The summed E-state index contributed by atoms with van der Waals surface area (Å²) in [5.74, 6) is -1.05. The standard InChI is InChI=1S/C25H30N10O10P2S/c1-23-4-43-47(41,48)45-17-15(36)14(35-8-30-12-18(26)28-6-29-19(12)35)9-3-24(9,17)5-42-46(39,40)44-16-10(2-11(23)25(16,23)38)34-7-31-13-20(34)32-22(27)33-21(13)37/h6-11,14-17,36,38H,2-5H2,1H3,(H,39,40)(H,41,48)(H2,26,28,29)(H3,27,32,33,37). The van der Waals surface area contributed by atoms with Gasteiger partial charge in [-0.1, -0.05) is 19.2 Å². The van der Waals surface area contributed by atoms with Gasteiger partial charge in [0, 0.05) is 16.7 Å². The number of phosphoric ester groups is 1. The third-order valence-electron chi connectivity index (χ3n) is 11.2. The molecule has 0 amide bonds. The van der Waals surface area contributed by atoms with Crippen molar-refractivity contribution in [3.63, 3.8) is 0 Å². The fourth-order valence-electron chi connectivity index (χ4n) is 8.74. The lowest BCUT2D eigenvalue weighted by Crippen LogP contribution is -2.41. The van der Waals surface area contributed by atoms with Crippen molar-refractivity contribution in [3.05, 3.63) is 29.3 Å². The molecule has 5 fully saturated rings. The Labute approximate surface area is 274 Å². The summed E-state index contributed by atoms with van der Waals surface area (Å²) >= 11 is 4.24. The number of aromatic nitrogens is 8. The SMILES string of the molecule is CC12COP(=O)(S)OC3C(O)C(n4cnc5c(N)ncnc54)C4CC43COP(=O)(O)OC3C(n4cnc5c(=O)[nH]c(N)nc54)CC1C32O. The van der Waals surface area contributed by atoms with Crippen LogP contribution in [0.5, 0.6) is 0 Å². The molecule has 0 aromatic carbocycles. The van der Waals surface area contributed by atoms with E-state index in [-0.39, 0.29) is 36.0 Å². The zero-order valence-electron chi connectivity index (χ0n) is 24.9. The number of hydrogen-bond acceptors (Lipinski definition) is 16. The molecule has 5 heterocycles. The first-order valence-electron chi connectivity index (χ1n) is 15.0. The zero-order chi connectivity index (χ0) is 33.8. The van der Waals surface area contributed by atoms with Gasteiger partial charge in [-0.2, -0.15) is 4.98 Å². The van der Waals surface area contributed by atoms with Gasteiger partial charge in [0.15, 0.2) is 22.6 Å². The van der Waals surface area contributed by atoms with E-state index in [4.69, 9.17) is 29.6 Å². The number of nitrogens with one attached hydrogen (secondary N) is 1. The molecular formula is C25H30N10O10P2S. The molecule has 23 heteroatoms. The fraction of sp³-hybridized carbons (Fsp3) is 0.600. The number of anilines is 2. The Hall–Kier alpha value is -2.97. The van der Waals surface area contributed by atoms with Crippen molar-refractivity contribution in [3.8, 4) is 0 Å². The summed E-state index contributed by atoms with van der Waals surface area (Å²) in [6.45, 7) is -3.37. The molecule has 1 aliphatic heterocycles. The van der Waals surface area contributed by atoms with Crippen molar-refractivity contribution >= 4 is 61.0 Å². The van der Waals surface area contributed by atoms with E-state index in [2.05, 4.69) is 42.2 Å². The molecule has 0 radical (unpaired) electrons. The third-order valence-corrected chi connectivity index (χ3v) is 13.8. The molecule has 8 N–H and O–H groups in total. The lowest BCUT2D eigenvalue weighted by molar-refractivity contribution is -0.0490. The number of thiol groups is 1. The summed E-state index contributed by atoms with van der Waals surface area (Å²) < 4.78 is 53.8. The average molecular weight is 725 g/mol. The van der Waals surface area contributed by atoms with E-state index < -0.39 is 85.4 Å². The molecule has 4 saturated carbocycles. The first-order valence-corrected chi connectivity index (χ1v) is 19.2. The maximum absolute atomic E-state index is 13.8. The van der Waals surface area contributed by atoms with Gasteiger partial charge >= 0.3 is 14.6 Å². The highest BCUT2D eigenvalue weighted by Gasteiger charge is 2.83. The summed E-state index contributed by atoms with van der Waals surface area (Å²) in [5, 5.41) is 23.7. The number of nitrogens with two attached hydrogens (primary N) is 2. The van der Waals surface area contributed by atoms with Gasteiger partial charge in [0.25, 0.3) is 5.56 Å². The molecule has 48 heavy (non-hydrogen) atoms. The molecule has 4 aromatic rings. The van der Waals surface area contributed by atoms with Gasteiger partial charge in [0.1, 0.15) is 35.8 Å². The van der Waals surface area contributed by atoms with E-state index in [1.807, 2.05) is 0 Å². The Morgan fingerprint density at radius 3 is 2.58 bits per heavy atom. The third kappa shape index (κ3) is 4.05. The van der Waals surface area contributed by atoms with Gasteiger partial charge in [0.2, 0.25) is 5.95 Å². The van der Waals surface area contributed by atoms with Crippen molar-refractivity contribution in [2.24, 2.45) is 22.7 Å².